The summed E-state index contributed by atoms with van der Waals surface area (Å²) in [5.74, 6) is -0.405. The first kappa shape index (κ1) is 15.4. The first-order valence-electron chi connectivity index (χ1n) is 8.52. The van der Waals surface area contributed by atoms with Crippen LogP contribution in [0.15, 0.2) is 73.1 Å². The van der Waals surface area contributed by atoms with E-state index in [2.05, 4.69) is 15.3 Å². The van der Waals surface area contributed by atoms with Crippen molar-refractivity contribution in [2.45, 2.75) is 0 Å². The third-order valence-corrected chi connectivity index (χ3v) is 4.74. The number of ketones is 1. The molecule has 4 aromatic rings. The van der Waals surface area contributed by atoms with Crippen LogP contribution in [0.2, 0.25) is 0 Å². The number of carbonyl (C=O) groups excluding carboxylic acids is 2. The van der Waals surface area contributed by atoms with Gasteiger partial charge in [0.15, 0.2) is 5.78 Å². The van der Waals surface area contributed by atoms with Crippen molar-refractivity contribution in [2.24, 2.45) is 0 Å². The third-order valence-electron chi connectivity index (χ3n) is 4.74. The van der Waals surface area contributed by atoms with Crippen molar-refractivity contribution in [1.29, 1.82) is 0 Å². The molecule has 0 atom stereocenters. The largest absolute Gasteiger partial charge is 0.321 e. The molecule has 0 saturated carbocycles. The van der Waals surface area contributed by atoms with Crippen LogP contribution in [-0.2, 0) is 0 Å². The highest BCUT2D eigenvalue weighted by Gasteiger charge is 2.29. The number of amides is 1. The summed E-state index contributed by atoms with van der Waals surface area (Å²) >= 11 is 0. The minimum atomic E-state index is -0.267. The zero-order chi connectivity index (χ0) is 18.4. The van der Waals surface area contributed by atoms with Gasteiger partial charge in [0.05, 0.1) is 22.5 Å². The molecule has 27 heavy (non-hydrogen) atoms. The van der Waals surface area contributed by atoms with E-state index in [4.69, 9.17) is 0 Å². The van der Waals surface area contributed by atoms with E-state index in [1.807, 2.05) is 24.3 Å². The Morgan fingerprint density at radius 2 is 1.56 bits per heavy atom. The van der Waals surface area contributed by atoms with Crippen molar-refractivity contribution in [1.82, 2.24) is 9.97 Å². The average Bonchev–Trinajstić information content (AvgIpc) is 2.73. The third kappa shape index (κ3) is 2.33. The van der Waals surface area contributed by atoms with E-state index in [9.17, 15) is 9.59 Å². The van der Waals surface area contributed by atoms with E-state index in [-0.39, 0.29) is 11.7 Å². The SMILES string of the molecule is O=C(Nc1ccc2ncnc3c2c1C(=O)c1ccccc1-3)c1ccccc1. The van der Waals surface area contributed by atoms with Gasteiger partial charge in [-0.1, -0.05) is 42.5 Å². The zero-order valence-electron chi connectivity index (χ0n) is 14.1. The fourth-order valence-corrected chi connectivity index (χ4v) is 3.50. The van der Waals surface area contributed by atoms with Crippen LogP contribution in [-0.4, -0.2) is 21.7 Å². The van der Waals surface area contributed by atoms with Crippen molar-refractivity contribution < 1.29 is 9.59 Å². The number of rotatable bonds is 2. The van der Waals surface area contributed by atoms with Gasteiger partial charge in [0.25, 0.3) is 5.91 Å². The number of hydrogen-bond donors (Lipinski definition) is 1. The molecule has 1 aliphatic rings. The normalized spacial score (nSPS) is 11.9. The van der Waals surface area contributed by atoms with E-state index in [1.165, 1.54) is 6.33 Å². The van der Waals surface area contributed by atoms with Gasteiger partial charge in [-0.15, -0.1) is 0 Å². The summed E-state index contributed by atoms with van der Waals surface area (Å²) in [5, 5.41) is 3.55. The number of hydrogen-bond acceptors (Lipinski definition) is 4. The smallest absolute Gasteiger partial charge is 0.255 e. The lowest BCUT2D eigenvalue weighted by Crippen LogP contribution is -2.18. The molecule has 5 rings (SSSR count). The highest BCUT2D eigenvalue weighted by Crippen LogP contribution is 2.40. The van der Waals surface area contributed by atoms with Gasteiger partial charge in [-0.3, -0.25) is 9.59 Å². The van der Waals surface area contributed by atoms with Crippen LogP contribution < -0.4 is 5.32 Å². The molecule has 1 amide bonds. The number of benzene rings is 3. The quantitative estimate of drug-likeness (QED) is 0.520. The van der Waals surface area contributed by atoms with E-state index in [1.54, 1.807) is 42.5 Å². The number of nitrogens with one attached hydrogen (secondary N) is 1. The Balaban J connectivity index is 1.73. The first-order chi connectivity index (χ1) is 13.2. The van der Waals surface area contributed by atoms with Crippen molar-refractivity contribution in [2.75, 3.05) is 5.32 Å². The molecule has 5 nitrogen and oxygen atoms in total. The summed E-state index contributed by atoms with van der Waals surface area (Å²) in [4.78, 5) is 34.6. The standard InChI is InChI=1S/C22H13N3O2/c26-21-15-9-5-4-8-14(15)20-18-16(23-12-24-20)10-11-17(19(18)21)25-22(27)13-6-2-1-3-7-13/h1-12H,(H,25,27). The van der Waals surface area contributed by atoms with E-state index < -0.39 is 0 Å². The Hall–Kier alpha value is -3.86. The van der Waals surface area contributed by atoms with Gasteiger partial charge in [0.2, 0.25) is 0 Å². The Kier molecular flexibility index (Phi) is 3.33. The van der Waals surface area contributed by atoms with Gasteiger partial charge >= 0.3 is 0 Å². The second-order valence-corrected chi connectivity index (χ2v) is 6.30. The van der Waals surface area contributed by atoms with Crippen LogP contribution in [0.1, 0.15) is 26.3 Å². The monoisotopic (exact) mass is 351 g/mol. The van der Waals surface area contributed by atoms with Crippen molar-refractivity contribution in [3.8, 4) is 11.3 Å². The number of nitrogens with zero attached hydrogens (tertiary/aromatic N) is 2. The number of aromatic nitrogens is 2. The fraction of sp³-hybridized carbons (Fsp3) is 0. The molecule has 0 unspecified atom stereocenters. The zero-order valence-corrected chi connectivity index (χ0v) is 14.1. The predicted octanol–water partition coefficient (Wildman–Crippen LogP) is 4.09. The lowest BCUT2D eigenvalue weighted by atomic mass is 9.86. The highest BCUT2D eigenvalue weighted by atomic mass is 16.1. The maximum absolute atomic E-state index is 13.2. The van der Waals surface area contributed by atoms with Gasteiger partial charge in [0, 0.05) is 22.1 Å². The Morgan fingerprint density at radius 1 is 0.815 bits per heavy atom. The second-order valence-electron chi connectivity index (χ2n) is 6.30. The minimum absolute atomic E-state index is 0.137. The predicted molar refractivity (Wildman–Crippen MR) is 103 cm³/mol. The maximum atomic E-state index is 13.2. The average molecular weight is 351 g/mol. The van der Waals surface area contributed by atoms with Crippen LogP contribution in [0.4, 0.5) is 5.69 Å². The summed E-state index contributed by atoms with van der Waals surface area (Å²) in [7, 11) is 0. The summed E-state index contributed by atoms with van der Waals surface area (Å²) in [5.41, 5.74) is 4.17. The molecule has 0 bridgehead atoms. The van der Waals surface area contributed by atoms with E-state index >= 15 is 0 Å². The highest BCUT2D eigenvalue weighted by molar-refractivity contribution is 6.28. The molecule has 3 aromatic carbocycles. The molecular formula is C22H13N3O2. The molecule has 5 heteroatoms. The Labute approximate surface area is 154 Å². The molecule has 128 valence electrons. The Morgan fingerprint density at radius 3 is 2.37 bits per heavy atom. The number of anilines is 1. The molecule has 0 saturated heterocycles. The lowest BCUT2D eigenvalue weighted by molar-refractivity contribution is 0.102. The summed E-state index contributed by atoms with van der Waals surface area (Å²) in [6.07, 6.45) is 1.50. The molecule has 1 N–H and O–H groups in total. The van der Waals surface area contributed by atoms with Crippen LogP contribution in [0.3, 0.4) is 0 Å². The van der Waals surface area contributed by atoms with E-state index in [0.29, 0.717) is 39.0 Å². The molecule has 0 radical (unpaired) electrons. The second kappa shape index (κ2) is 5.85. The van der Waals surface area contributed by atoms with Gasteiger partial charge in [-0.2, -0.15) is 0 Å². The lowest BCUT2D eigenvalue weighted by Gasteiger charge is -2.21. The summed E-state index contributed by atoms with van der Waals surface area (Å²) in [6, 6.07) is 19.8. The van der Waals surface area contributed by atoms with Crippen LogP contribution >= 0.6 is 0 Å². The Bertz CT molecular complexity index is 1230. The number of fused-ring (bicyclic) bond motifs is 2. The minimum Gasteiger partial charge on any atom is -0.321 e. The molecular weight excluding hydrogens is 338 g/mol. The topological polar surface area (TPSA) is 72.0 Å². The van der Waals surface area contributed by atoms with Crippen LogP contribution in [0, 0.1) is 0 Å². The molecule has 0 spiro atoms. The van der Waals surface area contributed by atoms with Gasteiger partial charge in [-0.25, -0.2) is 9.97 Å². The van der Waals surface area contributed by atoms with Crippen molar-refractivity contribution in [3.05, 3.63) is 89.7 Å². The van der Waals surface area contributed by atoms with Gasteiger partial charge in [0.1, 0.15) is 6.33 Å². The summed E-state index contributed by atoms with van der Waals surface area (Å²) in [6.45, 7) is 0. The fourth-order valence-electron chi connectivity index (χ4n) is 3.50. The van der Waals surface area contributed by atoms with Gasteiger partial charge in [-0.05, 0) is 24.3 Å². The van der Waals surface area contributed by atoms with E-state index in [0.717, 1.165) is 5.56 Å². The van der Waals surface area contributed by atoms with Crippen LogP contribution in [0.25, 0.3) is 22.2 Å². The molecule has 1 aliphatic carbocycles. The summed E-state index contributed by atoms with van der Waals surface area (Å²) < 4.78 is 0. The maximum Gasteiger partial charge on any atom is 0.255 e. The molecule has 0 aliphatic heterocycles. The van der Waals surface area contributed by atoms with Crippen LogP contribution in [0.5, 0.6) is 0 Å². The first-order valence-corrected chi connectivity index (χ1v) is 8.52. The molecule has 0 fully saturated rings. The molecule has 1 heterocycles. The number of carbonyl (C=O) groups is 2. The van der Waals surface area contributed by atoms with Crippen molar-refractivity contribution >= 4 is 28.3 Å². The van der Waals surface area contributed by atoms with Crippen molar-refractivity contribution in [3.63, 3.8) is 0 Å². The molecule has 1 aromatic heterocycles. The van der Waals surface area contributed by atoms with Gasteiger partial charge < -0.3 is 5.32 Å².